The van der Waals surface area contributed by atoms with Crippen LogP contribution >= 0.6 is 0 Å². The third kappa shape index (κ3) is 3.90. The molecule has 1 aliphatic heterocycles. The molecule has 1 aliphatic rings. The van der Waals surface area contributed by atoms with Gasteiger partial charge in [0.2, 0.25) is 0 Å². The van der Waals surface area contributed by atoms with Gasteiger partial charge in [-0.05, 0) is 23.1 Å². The topological polar surface area (TPSA) is 80.0 Å². The van der Waals surface area contributed by atoms with E-state index in [9.17, 15) is 14.7 Å². The van der Waals surface area contributed by atoms with Gasteiger partial charge in [0.05, 0.1) is 6.10 Å². The summed E-state index contributed by atoms with van der Waals surface area (Å²) in [7, 11) is 1.52. The third-order valence-electron chi connectivity index (χ3n) is 4.99. The largest absolute Gasteiger partial charge is 0.480 e. The molecule has 0 saturated carbocycles. The van der Waals surface area contributed by atoms with Gasteiger partial charge in [-0.3, -0.25) is 4.79 Å². The summed E-state index contributed by atoms with van der Waals surface area (Å²) in [6.45, 7) is 6.68. The van der Waals surface area contributed by atoms with Crippen LogP contribution in [0.25, 0.3) is 11.3 Å². The minimum atomic E-state index is -1.03. The van der Waals surface area contributed by atoms with Crippen molar-refractivity contribution in [3.8, 4) is 11.3 Å². The molecule has 2 aromatic rings. The highest BCUT2D eigenvalue weighted by Gasteiger charge is 2.41. The molecule has 6 heteroatoms. The van der Waals surface area contributed by atoms with E-state index in [0.29, 0.717) is 5.76 Å². The van der Waals surface area contributed by atoms with Gasteiger partial charge in [-0.2, -0.15) is 0 Å². The Hall–Kier alpha value is -2.60. The predicted octanol–water partition coefficient (Wildman–Crippen LogP) is 3.56. The molecule has 0 aliphatic carbocycles. The lowest BCUT2D eigenvalue weighted by Gasteiger charge is -2.20. The van der Waals surface area contributed by atoms with Crippen molar-refractivity contribution in [2.45, 2.75) is 44.8 Å². The Morgan fingerprint density at radius 2 is 1.81 bits per heavy atom. The number of benzene rings is 1. The molecule has 6 nitrogen and oxygen atoms in total. The number of hydrogen-bond acceptors (Lipinski definition) is 4. The van der Waals surface area contributed by atoms with Crippen molar-refractivity contribution >= 4 is 11.9 Å². The van der Waals surface area contributed by atoms with Gasteiger partial charge < -0.3 is 19.2 Å². The predicted molar refractivity (Wildman–Crippen MR) is 101 cm³/mol. The average Bonchev–Trinajstić information content (AvgIpc) is 3.28. The number of amides is 1. The zero-order chi connectivity index (χ0) is 19.8. The number of rotatable bonds is 4. The van der Waals surface area contributed by atoms with E-state index in [-0.39, 0.29) is 30.2 Å². The summed E-state index contributed by atoms with van der Waals surface area (Å²) in [5.41, 5.74) is 2.14. The Balaban J connectivity index is 1.81. The fourth-order valence-electron chi connectivity index (χ4n) is 3.31. The molecule has 1 aromatic carbocycles. The molecule has 27 heavy (non-hydrogen) atoms. The maximum atomic E-state index is 12.8. The van der Waals surface area contributed by atoms with E-state index in [1.54, 1.807) is 12.1 Å². The summed E-state index contributed by atoms with van der Waals surface area (Å²) >= 11 is 0. The van der Waals surface area contributed by atoms with E-state index < -0.39 is 17.9 Å². The fraction of sp³-hybridized carbons (Fsp3) is 0.429. The molecule has 3 rings (SSSR count). The van der Waals surface area contributed by atoms with Crippen molar-refractivity contribution in [2.75, 3.05) is 13.7 Å². The first kappa shape index (κ1) is 19.2. The number of nitrogens with zero attached hydrogens (tertiary/aromatic N) is 1. The molecule has 0 radical (unpaired) electrons. The number of ether oxygens (including phenoxy) is 1. The van der Waals surface area contributed by atoms with Gasteiger partial charge in [0, 0.05) is 25.6 Å². The van der Waals surface area contributed by atoms with Gasteiger partial charge in [-0.25, -0.2) is 4.79 Å². The number of carbonyl (C=O) groups is 2. The quantitative estimate of drug-likeness (QED) is 0.889. The molecular weight excluding hydrogens is 346 g/mol. The van der Waals surface area contributed by atoms with Crippen LogP contribution in [0.3, 0.4) is 0 Å². The van der Waals surface area contributed by atoms with Gasteiger partial charge in [-0.1, -0.05) is 45.0 Å². The first-order chi connectivity index (χ1) is 12.7. The maximum absolute atomic E-state index is 12.8. The van der Waals surface area contributed by atoms with Crippen LogP contribution < -0.4 is 0 Å². The first-order valence-electron chi connectivity index (χ1n) is 8.98. The minimum absolute atomic E-state index is 0.0578. The number of methoxy groups -OCH3 is 1. The average molecular weight is 371 g/mol. The number of carboxylic acid groups (broad SMARTS) is 1. The normalized spacial score (nSPS) is 20.1. The number of aliphatic carboxylic acids is 1. The van der Waals surface area contributed by atoms with E-state index in [4.69, 9.17) is 9.15 Å². The second-order valence-electron chi connectivity index (χ2n) is 7.90. The summed E-state index contributed by atoms with van der Waals surface area (Å²) in [5, 5.41) is 9.39. The Bertz CT molecular complexity index is 831. The van der Waals surface area contributed by atoms with Gasteiger partial charge in [0.1, 0.15) is 11.8 Å². The van der Waals surface area contributed by atoms with Crippen LogP contribution in [0.2, 0.25) is 0 Å². The molecule has 1 aromatic heterocycles. The van der Waals surface area contributed by atoms with E-state index in [0.717, 1.165) is 5.56 Å². The highest BCUT2D eigenvalue weighted by atomic mass is 16.5. The highest BCUT2D eigenvalue weighted by molar-refractivity contribution is 5.95. The van der Waals surface area contributed by atoms with Crippen LogP contribution in [-0.2, 0) is 14.9 Å². The molecule has 2 heterocycles. The Kier molecular flexibility index (Phi) is 5.11. The molecule has 0 bridgehead atoms. The van der Waals surface area contributed by atoms with E-state index in [1.165, 1.54) is 17.6 Å². The number of furan rings is 1. The van der Waals surface area contributed by atoms with Gasteiger partial charge >= 0.3 is 5.97 Å². The molecule has 1 saturated heterocycles. The lowest BCUT2D eigenvalue weighted by Crippen LogP contribution is -2.40. The molecule has 2 unspecified atom stereocenters. The van der Waals surface area contributed by atoms with E-state index >= 15 is 0 Å². The van der Waals surface area contributed by atoms with Gasteiger partial charge in [-0.15, -0.1) is 0 Å². The summed E-state index contributed by atoms with van der Waals surface area (Å²) in [4.78, 5) is 25.5. The summed E-state index contributed by atoms with van der Waals surface area (Å²) in [6, 6.07) is 10.4. The Morgan fingerprint density at radius 1 is 1.15 bits per heavy atom. The standard InChI is InChI=1S/C21H25NO5/c1-21(2,3)14-7-5-13(6-8-14)17-9-10-18(27-17)19(23)22-12-15(26-4)11-16(22)20(24)25/h5-10,15-16H,11-12H2,1-4H3,(H,24,25). The summed E-state index contributed by atoms with van der Waals surface area (Å²) < 4.78 is 11.0. The number of carboxylic acids is 1. The second-order valence-corrected chi connectivity index (χ2v) is 7.90. The second kappa shape index (κ2) is 7.19. The molecular formula is C21H25NO5. The fourth-order valence-corrected chi connectivity index (χ4v) is 3.31. The Labute approximate surface area is 158 Å². The maximum Gasteiger partial charge on any atom is 0.326 e. The summed E-state index contributed by atoms with van der Waals surface area (Å²) in [6.07, 6.45) is -0.00575. The first-order valence-corrected chi connectivity index (χ1v) is 8.98. The SMILES string of the molecule is COC1CC(C(=O)O)N(C(=O)c2ccc(-c3ccc(C(C)(C)C)cc3)o2)C1. The monoisotopic (exact) mass is 371 g/mol. The number of hydrogen-bond donors (Lipinski definition) is 1. The lowest BCUT2D eigenvalue weighted by atomic mass is 9.86. The number of likely N-dealkylation sites (tertiary alicyclic amines) is 1. The highest BCUT2D eigenvalue weighted by Crippen LogP contribution is 2.29. The van der Waals surface area contributed by atoms with Gasteiger partial charge in [0.15, 0.2) is 5.76 Å². The molecule has 1 amide bonds. The molecule has 0 spiro atoms. The zero-order valence-corrected chi connectivity index (χ0v) is 16.1. The summed E-state index contributed by atoms with van der Waals surface area (Å²) in [5.74, 6) is -0.756. The van der Waals surface area contributed by atoms with Crippen molar-refractivity contribution in [1.82, 2.24) is 4.90 Å². The molecule has 144 valence electrons. The van der Waals surface area contributed by atoms with Crippen molar-refractivity contribution in [2.24, 2.45) is 0 Å². The van der Waals surface area contributed by atoms with Crippen molar-refractivity contribution in [3.05, 3.63) is 47.7 Å². The van der Waals surface area contributed by atoms with Crippen LogP contribution in [-0.4, -0.2) is 47.7 Å². The zero-order valence-electron chi connectivity index (χ0n) is 16.1. The van der Waals surface area contributed by atoms with Crippen LogP contribution in [0.1, 0.15) is 43.3 Å². The van der Waals surface area contributed by atoms with E-state index in [2.05, 4.69) is 20.8 Å². The molecule has 2 atom stereocenters. The van der Waals surface area contributed by atoms with Crippen molar-refractivity contribution in [1.29, 1.82) is 0 Å². The Morgan fingerprint density at radius 3 is 2.37 bits per heavy atom. The lowest BCUT2D eigenvalue weighted by molar-refractivity contribution is -0.141. The van der Waals surface area contributed by atoms with Crippen molar-refractivity contribution in [3.63, 3.8) is 0 Å². The van der Waals surface area contributed by atoms with Crippen molar-refractivity contribution < 1.29 is 23.8 Å². The van der Waals surface area contributed by atoms with E-state index in [1.807, 2.05) is 24.3 Å². The molecule has 1 fully saturated rings. The van der Waals surface area contributed by atoms with Crippen LogP contribution in [0, 0.1) is 0 Å². The molecule has 1 N–H and O–H groups in total. The van der Waals surface area contributed by atoms with Crippen LogP contribution in [0.15, 0.2) is 40.8 Å². The number of carbonyl (C=O) groups excluding carboxylic acids is 1. The van der Waals surface area contributed by atoms with Crippen LogP contribution in [0.5, 0.6) is 0 Å². The minimum Gasteiger partial charge on any atom is -0.480 e. The third-order valence-corrected chi connectivity index (χ3v) is 4.99. The van der Waals surface area contributed by atoms with Gasteiger partial charge in [0.25, 0.3) is 5.91 Å². The van der Waals surface area contributed by atoms with Crippen LogP contribution in [0.4, 0.5) is 0 Å². The smallest absolute Gasteiger partial charge is 0.326 e.